The van der Waals surface area contributed by atoms with Gasteiger partial charge in [0.25, 0.3) is 0 Å². The van der Waals surface area contributed by atoms with Gasteiger partial charge in [-0.1, -0.05) is 42.5 Å². The third-order valence-electron chi connectivity index (χ3n) is 3.42. The highest BCUT2D eigenvalue weighted by Crippen LogP contribution is 2.19. The molecule has 0 aliphatic carbocycles. The molecule has 0 fully saturated rings. The third kappa shape index (κ3) is 2.75. The number of ketones is 1. The molecule has 98 valence electrons. The lowest BCUT2D eigenvalue weighted by atomic mass is 9.98. The SMILES string of the molecule is O=C(Cc1ccncc1)Cc1cccc2ccccc12. The largest absolute Gasteiger partial charge is 0.299 e. The zero-order valence-corrected chi connectivity index (χ0v) is 11.1. The molecule has 0 N–H and O–H groups in total. The lowest BCUT2D eigenvalue weighted by molar-refractivity contribution is -0.117. The molecular formula is C18H15NO. The van der Waals surface area contributed by atoms with Gasteiger partial charge in [-0.25, -0.2) is 0 Å². The summed E-state index contributed by atoms with van der Waals surface area (Å²) < 4.78 is 0. The minimum absolute atomic E-state index is 0.229. The van der Waals surface area contributed by atoms with Gasteiger partial charge in [-0.05, 0) is 34.0 Å². The van der Waals surface area contributed by atoms with E-state index in [1.807, 2.05) is 36.4 Å². The number of Topliss-reactive ketones (excluding diaryl/α,β-unsaturated/α-hetero) is 1. The zero-order chi connectivity index (χ0) is 13.8. The minimum atomic E-state index is 0.229. The number of rotatable bonds is 4. The van der Waals surface area contributed by atoms with Crippen LogP contribution in [-0.4, -0.2) is 10.8 Å². The van der Waals surface area contributed by atoms with Crippen LogP contribution in [0, 0.1) is 0 Å². The molecule has 0 amide bonds. The van der Waals surface area contributed by atoms with Gasteiger partial charge >= 0.3 is 0 Å². The zero-order valence-electron chi connectivity index (χ0n) is 11.1. The first-order chi connectivity index (χ1) is 9.83. The lowest BCUT2D eigenvalue weighted by Gasteiger charge is -2.06. The Kier molecular flexibility index (Phi) is 3.55. The van der Waals surface area contributed by atoms with Crippen LogP contribution in [0.2, 0.25) is 0 Å². The molecule has 1 aromatic heterocycles. The maximum atomic E-state index is 12.2. The summed E-state index contributed by atoms with van der Waals surface area (Å²) in [7, 11) is 0. The summed E-state index contributed by atoms with van der Waals surface area (Å²) in [6.07, 6.45) is 4.39. The van der Waals surface area contributed by atoms with Gasteiger partial charge in [0.2, 0.25) is 0 Å². The average Bonchev–Trinajstić information content (AvgIpc) is 2.48. The van der Waals surface area contributed by atoms with Crippen LogP contribution in [0.5, 0.6) is 0 Å². The average molecular weight is 261 g/mol. The molecule has 0 radical (unpaired) electrons. The standard InChI is InChI=1S/C18H15NO/c20-17(12-14-8-10-19-11-9-14)13-16-6-3-5-15-4-1-2-7-18(15)16/h1-11H,12-13H2. The Bertz CT molecular complexity index is 729. The van der Waals surface area contributed by atoms with Gasteiger partial charge in [0, 0.05) is 25.2 Å². The number of carbonyl (C=O) groups excluding carboxylic acids is 1. The number of fused-ring (bicyclic) bond motifs is 1. The molecule has 20 heavy (non-hydrogen) atoms. The molecule has 3 rings (SSSR count). The van der Waals surface area contributed by atoms with Crippen LogP contribution in [0.25, 0.3) is 10.8 Å². The maximum absolute atomic E-state index is 12.2. The number of aromatic nitrogens is 1. The highest BCUT2D eigenvalue weighted by Gasteiger charge is 2.07. The quantitative estimate of drug-likeness (QED) is 0.718. The highest BCUT2D eigenvalue weighted by atomic mass is 16.1. The molecule has 2 heteroatoms. The van der Waals surface area contributed by atoms with Crippen molar-refractivity contribution in [2.45, 2.75) is 12.8 Å². The highest BCUT2D eigenvalue weighted by molar-refractivity contribution is 5.91. The topological polar surface area (TPSA) is 30.0 Å². The molecule has 1 heterocycles. The normalized spacial score (nSPS) is 10.6. The van der Waals surface area contributed by atoms with Crippen molar-refractivity contribution in [2.24, 2.45) is 0 Å². The Balaban J connectivity index is 1.81. The maximum Gasteiger partial charge on any atom is 0.141 e. The van der Waals surface area contributed by atoms with E-state index < -0.39 is 0 Å². The molecule has 0 bridgehead atoms. The van der Waals surface area contributed by atoms with Crippen molar-refractivity contribution in [1.29, 1.82) is 0 Å². The molecule has 2 nitrogen and oxygen atoms in total. The number of hydrogen-bond acceptors (Lipinski definition) is 2. The van der Waals surface area contributed by atoms with E-state index in [1.54, 1.807) is 12.4 Å². The molecule has 3 aromatic rings. The lowest BCUT2D eigenvalue weighted by Crippen LogP contribution is -2.06. The van der Waals surface area contributed by atoms with E-state index in [9.17, 15) is 4.79 Å². The molecular weight excluding hydrogens is 246 g/mol. The van der Waals surface area contributed by atoms with Crippen LogP contribution >= 0.6 is 0 Å². The second kappa shape index (κ2) is 5.66. The van der Waals surface area contributed by atoms with Crippen molar-refractivity contribution in [3.8, 4) is 0 Å². The van der Waals surface area contributed by atoms with Gasteiger partial charge in [0.05, 0.1) is 0 Å². The summed E-state index contributed by atoms with van der Waals surface area (Å²) in [6, 6.07) is 18.1. The fraction of sp³-hybridized carbons (Fsp3) is 0.111. The van der Waals surface area contributed by atoms with Gasteiger partial charge in [-0.15, -0.1) is 0 Å². The van der Waals surface area contributed by atoms with Gasteiger partial charge < -0.3 is 0 Å². The molecule has 0 unspecified atom stereocenters. The number of nitrogens with zero attached hydrogens (tertiary/aromatic N) is 1. The molecule has 2 aromatic carbocycles. The van der Waals surface area contributed by atoms with Crippen molar-refractivity contribution in [1.82, 2.24) is 4.98 Å². The van der Waals surface area contributed by atoms with Crippen molar-refractivity contribution in [2.75, 3.05) is 0 Å². The van der Waals surface area contributed by atoms with E-state index in [0.717, 1.165) is 16.5 Å². The number of pyridine rings is 1. The predicted molar refractivity (Wildman–Crippen MR) is 80.6 cm³/mol. The van der Waals surface area contributed by atoms with Crippen molar-refractivity contribution in [3.05, 3.63) is 78.1 Å². The van der Waals surface area contributed by atoms with Gasteiger partial charge in [-0.3, -0.25) is 9.78 Å². The van der Waals surface area contributed by atoms with Gasteiger partial charge in [0.15, 0.2) is 0 Å². The van der Waals surface area contributed by atoms with Gasteiger partial charge in [-0.2, -0.15) is 0 Å². The summed E-state index contributed by atoms with van der Waals surface area (Å²) in [5.74, 6) is 0.229. The Morgan fingerprint density at radius 1 is 0.850 bits per heavy atom. The summed E-state index contributed by atoms with van der Waals surface area (Å²) in [4.78, 5) is 16.2. The summed E-state index contributed by atoms with van der Waals surface area (Å²) in [5, 5.41) is 2.35. The predicted octanol–water partition coefficient (Wildman–Crippen LogP) is 3.59. The van der Waals surface area contributed by atoms with Crippen LogP contribution < -0.4 is 0 Å². The fourth-order valence-electron chi connectivity index (χ4n) is 2.45. The molecule has 0 atom stereocenters. The molecule has 0 aliphatic rings. The Morgan fingerprint density at radius 3 is 2.45 bits per heavy atom. The Morgan fingerprint density at radius 2 is 1.60 bits per heavy atom. The first-order valence-electron chi connectivity index (χ1n) is 6.70. The van der Waals surface area contributed by atoms with Gasteiger partial charge in [0.1, 0.15) is 5.78 Å². The first kappa shape index (κ1) is 12.5. The second-order valence-electron chi connectivity index (χ2n) is 4.89. The smallest absolute Gasteiger partial charge is 0.141 e. The van der Waals surface area contributed by atoms with E-state index in [-0.39, 0.29) is 5.78 Å². The van der Waals surface area contributed by atoms with Crippen LogP contribution in [0.3, 0.4) is 0 Å². The van der Waals surface area contributed by atoms with Crippen LogP contribution in [0.4, 0.5) is 0 Å². The van der Waals surface area contributed by atoms with E-state index in [4.69, 9.17) is 0 Å². The van der Waals surface area contributed by atoms with E-state index in [1.165, 1.54) is 5.39 Å². The van der Waals surface area contributed by atoms with Crippen LogP contribution in [0.1, 0.15) is 11.1 Å². The number of benzene rings is 2. The molecule has 0 spiro atoms. The minimum Gasteiger partial charge on any atom is -0.299 e. The molecule has 0 aliphatic heterocycles. The van der Waals surface area contributed by atoms with E-state index in [0.29, 0.717) is 12.8 Å². The van der Waals surface area contributed by atoms with Crippen molar-refractivity contribution in [3.63, 3.8) is 0 Å². The monoisotopic (exact) mass is 261 g/mol. The molecule has 0 saturated heterocycles. The second-order valence-corrected chi connectivity index (χ2v) is 4.89. The summed E-state index contributed by atoms with van der Waals surface area (Å²) in [5.41, 5.74) is 2.12. The Labute approximate surface area is 118 Å². The molecule has 0 saturated carbocycles. The summed E-state index contributed by atoms with van der Waals surface area (Å²) in [6.45, 7) is 0. The number of carbonyl (C=O) groups is 1. The van der Waals surface area contributed by atoms with Crippen LogP contribution in [-0.2, 0) is 17.6 Å². The van der Waals surface area contributed by atoms with Crippen molar-refractivity contribution < 1.29 is 4.79 Å². The first-order valence-corrected chi connectivity index (χ1v) is 6.70. The Hall–Kier alpha value is -2.48. The number of hydrogen-bond donors (Lipinski definition) is 0. The van der Waals surface area contributed by atoms with Crippen LogP contribution in [0.15, 0.2) is 67.0 Å². The summed E-state index contributed by atoms with van der Waals surface area (Å²) >= 11 is 0. The van der Waals surface area contributed by atoms with E-state index in [2.05, 4.69) is 23.2 Å². The fourth-order valence-corrected chi connectivity index (χ4v) is 2.45. The van der Waals surface area contributed by atoms with Crippen molar-refractivity contribution >= 4 is 16.6 Å². The third-order valence-corrected chi connectivity index (χ3v) is 3.42. The van der Waals surface area contributed by atoms with E-state index >= 15 is 0 Å².